The number of guanidine groups is 1. The molecule has 1 aromatic carbocycles. The van der Waals surface area contributed by atoms with E-state index >= 15 is 0 Å². The molecule has 1 saturated heterocycles. The molecule has 0 spiro atoms. The lowest BCUT2D eigenvalue weighted by molar-refractivity contribution is 0.394. The molecule has 2 heterocycles. The molecular weight excluding hydrogens is 378 g/mol. The molecule has 30 heavy (non-hydrogen) atoms. The lowest BCUT2D eigenvalue weighted by Gasteiger charge is -2.21. The molecule has 0 radical (unpaired) electrons. The smallest absolute Gasteiger partial charge is 0.191 e. The minimum Gasteiger partial charge on any atom is -0.497 e. The highest BCUT2D eigenvalue weighted by molar-refractivity contribution is 5.80. The SMILES string of the molecule is CCNC(=NCCc1ccc(C)nc1)NC1CCN(c2cc(OC)cc(OC)c2)C1. The van der Waals surface area contributed by atoms with Crippen LogP contribution in [0.5, 0.6) is 11.5 Å². The Labute approximate surface area is 179 Å². The minimum absolute atomic E-state index is 0.334. The van der Waals surface area contributed by atoms with Crippen molar-refractivity contribution in [2.75, 3.05) is 45.3 Å². The molecule has 1 unspecified atom stereocenters. The summed E-state index contributed by atoms with van der Waals surface area (Å²) in [5.41, 5.74) is 3.36. The summed E-state index contributed by atoms with van der Waals surface area (Å²) in [7, 11) is 3.36. The van der Waals surface area contributed by atoms with E-state index in [1.807, 2.05) is 25.3 Å². The van der Waals surface area contributed by atoms with Gasteiger partial charge in [-0.2, -0.15) is 0 Å². The second-order valence-corrected chi connectivity index (χ2v) is 7.47. The minimum atomic E-state index is 0.334. The zero-order valence-electron chi connectivity index (χ0n) is 18.4. The first kappa shape index (κ1) is 21.7. The van der Waals surface area contributed by atoms with Crippen LogP contribution in [0.3, 0.4) is 0 Å². The van der Waals surface area contributed by atoms with Crippen LogP contribution in [0.25, 0.3) is 0 Å². The first-order valence-electron chi connectivity index (χ1n) is 10.6. The van der Waals surface area contributed by atoms with Crippen molar-refractivity contribution in [2.24, 2.45) is 4.99 Å². The molecule has 2 aromatic rings. The Morgan fingerprint density at radius 2 is 1.97 bits per heavy atom. The first-order chi connectivity index (χ1) is 14.6. The van der Waals surface area contributed by atoms with E-state index < -0.39 is 0 Å². The summed E-state index contributed by atoms with van der Waals surface area (Å²) >= 11 is 0. The number of hydrogen-bond donors (Lipinski definition) is 2. The molecule has 2 N–H and O–H groups in total. The van der Waals surface area contributed by atoms with Crippen molar-refractivity contribution in [3.05, 3.63) is 47.8 Å². The molecule has 1 atom stereocenters. The van der Waals surface area contributed by atoms with Crippen LogP contribution in [-0.2, 0) is 6.42 Å². The molecule has 0 saturated carbocycles. The van der Waals surface area contributed by atoms with Crippen molar-refractivity contribution in [2.45, 2.75) is 32.7 Å². The summed E-state index contributed by atoms with van der Waals surface area (Å²) in [6.07, 6.45) is 3.86. The van der Waals surface area contributed by atoms with Gasteiger partial charge in [-0.05, 0) is 38.3 Å². The fourth-order valence-corrected chi connectivity index (χ4v) is 3.54. The maximum absolute atomic E-state index is 5.41. The summed E-state index contributed by atoms with van der Waals surface area (Å²) in [6, 6.07) is 10.5. The van der Waals surface area contributed by atoms with Gasteiger partial charge in [-0.15, -0.1) is 0 Å². The number of ether oxygens (including phenoxy) is 2. The van der Waals surface area contributed by atoms with Gasteiger partial charge >= 0.3 is 0 Å². The lowest BCUT2D eigenvalue weighted by Crippen LogP contribution is -2.44. The standard InChI is InChI=1S/C23H33N5O2/c1-5-24-23(25-10-8-18-7-6-17(2)26-15-18)27-19-9-11-28(16-19)20-12-21(29-3)14-22(13-20)30-4/h6-7,12-15,19H,5,8-11,16H2,1-4H3,(H2,24,25,27). The maximum Gasteiger partial charge on any atom is 0.191 e. The topological polar surface area (TPSA) is 71.0 Å². The van der Waals surface area contributed by atoms with Gasteiger partial charge in [-0.3, -0.25) is 9.98 Å². The van der Waals surface area contributed by atoms with E-state index in [-0.39, 0.29) is 0 Å². The van der Waals surface area contributed by atoms with E-state index in [0.29, 0.717) is 6.04 Å². The Hall–Kier alpha value is -2.96. The molecular formula is C23H33N5O2. The maximum atomic E-state index is 5.41. The van der Waals surface area contributed by atoms with Crippen LogP contribution in [0.15, 0.2) is 41.5 Å². The molecule has 0 aliphatic carbocycles. The molecule has 1 aliphatic rings. The second-order valence-electron chi connectivity index (χ2n) is 7.47. The van der Waals surface area contributed by atoms with Crippen LogP contribution in [0, 0.1) is 6.92 Å². The molecule has 0 bridgehead atoms. The van der Waals surface area contributed by atoms with Crippen LogP contribution in [0.2, 0.25) is 0 Å². The molecule has 1 aromatic heterocycles. The zero-order chi connectivity index (χ0) is 21.3. The predicted octanol–water partition coefficient (Wildman–Crippen LogP) is 2.78. The van der Waals surface area contributed by atoms with Gasteiger partial charge in [0.2, 0.25) is 0 Å². The summed E-state index contributed by atoms with van der Waals surface area (Å²) < 4.78 is 10.8. The third kappa shape index (κ3) is 6.02. The Balaban J connectivity index is 1.58. The van der Waals surface area contributed by atoms with E-state index in [2.05, 4.69) is 45.6 Å². The van der Waals surface area contributed by atoms with Crippen LogP contribution >= 0.6 is 0 Å². The van der Waals surface area contributed by atoms with E-state index in [9.17, 15) is 0 Å². The van der Waals surface area contributed by atoms with Crippen molar-refractivity contribution in [1.29, 1.82) is 0 Å². The average Bonchev–Trinajstić information content (AvgIpc) is 3.23. The highest BCUT2D eigenvalue weighted by atomic mass is 16.5. The lowest BCUT2D eigenvalue weighted by atomic mass is 10.2. The average molecular weight is 412 g/mol. The highest BCUT2D eigenvalue weighted by Gasteiger charge is 2.24. The molecule has 3 rings (SSSR count). The van der Waals surface area contributed by atoms with Crippen molar-refractivity contribution in [1.82, 2.24) is 15.6 Å². The van der Waals surface area contributed by atoms with E-state index in [0.717, 1.165) is 67.9 Å². The van der Waals surface area contributed by atoms with Crippen molar-refractivity contribution >= 4 is 11.6 Å². The number of anilines is 1. The number of methoxy groups -OCH3 is 2. The van der Waals surface area contributed by atoms with Crippen molar-refractivity contribution < 1.29 is 9.47 Å². The van der Waals surface area contributed by atoms with Gasteiger partial charge in [0.25, 0.3) is 0 Å². The summed E-state index contributed by atoms with van der Waals surface area (Å²) in [5.74, 6) is 2.48. The number of aryl methyl sites for hydroxylation is 1. The van der Waals surface area contributed by atoms with E-state index in [4.69, 9.17) is 14.5 Å². The number of aromatic nitrogens is 1. The van der Waals surface area contributed by atoms with Gasteiger partial charge < -0.3 is 25.0 Å². The number of hydrogen-bond acceptors (Lipinski definition) is 5. The van der Waals surface area contributed by atoms with Crippen LogP contribution in [0.4, 0.5) is 5.69 Å². The number of rotatable bonds is 8. The predicted molar refractivity (Wildman–Crippen MR) is 122 cm³/mol. The second kappa shape index (κ2) is 10.7. The fourth-order valence-electron chi connectivity index (χ4n) is 3.54. The zero-order valence-corrected chi connectivity index (χ0v) is 18.4. The Bertz CT molecular complexity index is 816. The monoisotopic (exact) mass is 411 g/mol. The third-order valence-electron chi connectivity index (χ3n) is 5.22. The van der Waals surface area contributed by atoms with Crippen LogP contribution < -0.4 is 25.0 Å². The Morgan fingerprint density at radius 3 is 2.60 bits per heavy atom. The molecule has 7 heteroatoms. The largest absolute Gasteiger partial charge is 0.497 e. The molecule has 0 amide bonds. The first-order valence-corrected chi connectivity index (χ1v) is 10.6. The number of nitrogens with zero attached hydrogens (tertiary/aromatic N) is 3. The van der Waals surface area contributed by atoms with Crippen molar-refractivity contribution in [3.63, 3.8) is 0 Å². The Kier molecular flexibility index (Phi) is 7.76. The van der Waals surface area contributed by atoms with Crippen molar-refractivity contribution in [3.8, 4) is 11.5 Å². The van der Waals surface area contributed by atoms with Gasteiger partial charge in [-0.1, -0.05) is 6.07 Å². The molecule has 7 nitrogen and oxygen atoms in total. The summed E-state index contributed by atoms with van der Waals surface area (Å²) in [6.45, 7) is 7.53. The van der Waals surface area contributed by atoms with Gasteiger partial charge in [0.05, 0.1) is 14.2 Å². The van der Waals surface area contributed by atoms with Gasteiger partial charge in [-0.25, -0.2) is 0 Å². The van der Waals surface area contributed by atoms with Crippen LogP contribution in [-0.4, -0.2) is 57.4 Å². The Morgan fingerprint density at radius 1 is 1.20 bits per heavy atom. The number of pyridine rings is 1. The quantitative estimate of drug-likeness (QED) is 0.514. The van der Waals surface area contributed by atoms with Gasteiger partial charge in [0, 0.05) is 68.0 Å². The normalized spacial score (nSPS) is 16.5. The number of nitrogens with one attached hydrogen (secondary N) is 2. The number of benzene rings is 1. The number of aliphatic imine (C=N–C) groups is 1. The molecule has 162 valence electrons. The molecule has 1 fully saturated rings. The fraction of sp³-hybridized carbons (Fsp3) is 0.478. The van der Waals surface area contributed by atoms with E-state index in [1.165, 1.54) is 5.56 Å². The summed E-state index contributed by atoms with van der Waals surface area (Å²) in [4.78, 5) is 11.5. The van der Waals surface area contributed by atoms with E-state index in [1.54, 1.807) is 14.2 Å². The summed E-state index contributed by atoms with van der Waals surface area (Å²) in [5, 5.41) is 6.95. The van der Waals surface area contributed by atoms with Gasteiger partial charge in [0.15, 0.2) is 5.96 Å². The molecule has 1 aliphatic heterocycles. The van der Waals surface area contributed by atoms with Gasteiger partial charge in [0.1, 0.15) is 11.5 Å². The van der Waals surface area contributed by atoms with Crippen LogP contribution in [0.1, 0.15) is 24.6 Å². The third-order valence-corrected chi connectivity index (χ3v) is 5.22. The highest BCUT2D eigenvalue weighted by Crippen LogP contribution is 2.30.